The normalized spacial score (nSPS) is 21.1. The number of β-amino-alcohol motifs (C(OH)–C–C–N with tert-alkyl or cyclic N) is 1. The van der Waals surface area contributed by atoms with Crippen LogP contribution in [0.3, 0.4) is 0 Å². The van der Waals surface area contributed by atoms with Gasteiger partial charge in [0.15, 0.2) is 0 Å². The highest BCUT2D eigenvalue weighted by Crippen LogP contribution is 2.41. The molecule has 0 bridgehead atoms. The van der Waals surface area contributed by atoms with E-state index in [9.17, 15) is 5.11 Å². The largest absolute Gasteiger partial charge is 0.488 e. The third-order valence-electron chi connectivity index (χ3n) is 5.45. The molecule has 2 aliphatic heterocycles. The number of nitrogens with zero attached hydrogens (tertiary/aromatic N) is 2. The van der Waals surface area contributed by atoms with Crippen LogP contribution >= 0.6 is 0 Å². The van der Waals surface area contributed by atoms with Gasteiger partial charge in [-0.1, -0.05) is 42.5 Å². The Kier molecular flexibility index (Phi) is 4.75. The van der Waals surface area contributed by atoms with Crippen molar-refractivity contribution < 1.29 is 9.84 Å². The fourth-order valence-corrected chi connectivity index (χ4v) is 4.12. The lowest BCUT2D eigenvalue weighted by Crippen LogP contribution is -2.48. The molecule has 1 N–H and O–H groups in total. The lowest BCUT2D eigenvalue weighted by atomic mass is 9.92. The average molecular weight is 338 g/mol. The van der Waals surface area contributed by atoms with Gasteiger partial charge in [-0.05, 0) is 23.6 Å². The van der Waals surface area contributed by atoms with Crippen molar-refractivity contribution in [1.29, 1.82) is 0 Å². The van der Waals surface area contributed by atoms with E-state index in [0.717, 1.165) is 38.5 Å². The predicted molar refractivity (Wildman–Crippen MR) is 98.9 cm³/mol. The molecule has 4 rings (SSSR count). The van der Waals surface area contributed by atoms with Gasteiger partial charge in [-0.2, -0.15) is 0 Å². The fraction of sp³-hybridized carbons (Fsp3) is 0.429. The van der Waals surface area contributed by atoms with Crippen LogP contribution in [0.15, 0.2) is 42.5 Å². The molecule has 0 aliphatic carbocycles. The number of piperazine rings is 1. The molecule has 2 heterocycles. The van der Waals surface area contributed by atoms with E-state index in [-0.39, 0.29) is 12.6 Å². The topological polar surface area (TPSA) is 35.9 Å². The van der Waals surface area contributed by atoms with E-state index in [1.165, 1.54) is 22.3 Å². The molecule has 0 radical (unpaired) electrons. The second-order valence-electron chi connectivity index (χ2n) is 6.98. The predicted octanol–water partition coefficient (Wildman–Crippen LogP) is 2.59. The van der Waals surface area contributed by atoms with Crippen LogP contribution in [0.1, 0.15) is 28.3 Å². The lowest BCUT2D eigenvalue weighted by molar-refractivity contribution is 0.0942. The van der Waals surface area contributed by atoms with Crippen LogP contribution in [0.4, 0.5) is 0 Å². The fourth-order valence-electron chi connectivity index (χ4n) is 4.12. The summed E-state index contributed by atoms with van der Waals surface area (Å²) in [6.45, 7) is 7.79. The number of hydrogen-bond acceptors (Lipinski definition) is 4. The third kappa shape index (κ3) is 3.17. The number of rotatable bonds is 3. The minimum Gasteiger partial charge on any atom is -0.488 e. The minimum atomic E-state index is 0.238. The molecule has 4 nitrogen and oxygen atoms in total. The Bertz CT molecular complexity index is 738. The first-order valence-electron chi connectivity index (χ1n) is 9.15. The first-order chi connectivity index (χ1) is 12.3. The number of fused-ring (bicyclic) bond motifs is 2. The van der Waals surface area contributed by atoms with Gasteiger partial charge in [-0.3, -0.25) is 9.80 Å². The van der Waals surface area contributed by atoms with Gasteiger partial charge in [-0.25, -0.2) is 0 Å². The van der Waals surface area contributed by atoms with E-state index in [1.807, 2.05) is 0 Å². The Labute approximate surface area is 149 Å². The van der Waals surface area contributed by atoms with Gasteiger partial charge < -0.3 is 9.84 Å². The number of aliphatic hydroxyl groups is 1. The number of aliphatic hydroxyl groups excluding tert-OH is 1. The Morgan fingerprint density at radius 2 is 1.76 bits per heavy atom. The van der Waals surface area contributed by atoms with E-state index in [1.54, 1.807) is 0 Å². The molecular formula is C21H26N2O2. The number of hydrogen-bond donors (Lipinski definition) is 1. The molecule has 1 atom stereocenters. The summed E-state index contributed by atoms with van der Waals surface area (Å²) < 4.78 is 6.22. The van der Waals surface area contributed by atoms with Gasteiger partial charge in [0.1, 0.15) is 12.4 Å². The van der Waals surface area contributed by atoms with Crippen LogP contribution in [0.5, 0.6) is 5.75 Å². The maximum absolute atomic E-state index is 9.19. The van der Waals surface area contributed by atoms with Crippen molar-refractivity contribution in [2.75, 3.05) is 39.3 Å². The van der Waals surface area contributed by atoms with Crippen molar-refractivity contribution in [2.45, 2.75) is 19.6 Å². The molecule has 0 spiro atoms. The van der Waals surface area contributed by atoms with Crippen molar-refractivity contribution in [1.82, 2.24) is 9.80 Å². The second kappa shape index (κ2) is 7.16. The zero-order valence-electron chi connectivity index (χ0n) is 14.8. The monoisotopic (exact) mass is 338 g/mol. The number of para-hydroxylation sites is 1. The SMILES string of the molecule is Cc1cccc2c1OCc1ccccc1C2N1CCN(CCO)CC1. The molecule has 132 valence electrons. The van der Waals surface area contributed by atoms with Gasteiger partial charge >= 0.3 is 0 Å². The standard InChI is InChI=1S/C21H26N2O2/c1-16-5-4-8-19-20(23-11-9-22(10-12-23)13-14-24)18-7-3-2-6-17(18)15-25-21(16)19/h2-8,20,24H,9-15H2,1H3. The van der Waals surface area contributed by atoms with Crippen molar-refractivity contribution in [2.24, 2.45) is 0 Å². The van der Waals surface area contributed by atoms with Gasteiger partial charge in [0.25, 0.3) is 0 Å². The highest BCUT2D eigenvalue weighted by atomic mass is 16.5. The zero-order valence-corrected chi connectivity index (χ0v) is 14.8. The number of aryl methyl sites for hydroxylation is 1. The lowest BCUT2D eigenvalue weighted by Gasteiger charge is -2.39. The minimum absolute atomic E-state index is 0.238. The van der Waals surface area contributed by atoms with Gasteiger partial charge in [-0.15, -0.1) is 0 Å². The van der Waals surface area contributed by atoms with E-state index in [0.29, 0.717) is 6.61 Å². The summed E-state index contributed by atoms with van der Waals surface area (Å²) in [6, 6.07) is 15.4. The van der Waals surface area contributed by atoms with Crippen molar-refractivity contribution >= 4 is 0 Å². The second-order valence-corrected chi connectivity index (χ2v) is 6.98. The molecule has 1 unspecified atom stereocenters. The summed E-state index contributed by atoms with van der Waals surface area (Å²) in [7, 11) is 0. The molecule has 1 saturated heterocycles. The average Bonchev–Trinajstić information content (AvgIpc) is 2.81. The molecule has 2 aromatic rings. The molecule has 2 aromatic carbocycles. The van der Waals surface area contributed by atoms with Gasteiger partial charge in [0.05, 0.1) is 12.6 Å². The van der Waals surface area contributed by atoms with Gasteiger partial charge in [0.2, 0.25) is 0 Å². The molecular weight excluding hydrogens is 312 g/mol. The van der Waals surface area contributed by atoms with Gasteiger partial charge in [0, 0.05) is 38.3 Å². The summed E-state index contributed by atoms with van der Waals surface area (Å²) in [5.74, 6) is 1.04. The molecule has 0 amide bonds. The Morgan fingerprint density at radius 1 is 1.00 bits per heavy atom. The summed E-state index contributed by atoms with van der Waals surface area (Å²) in [4.78, 5) is 4.91. The maximum Gasteiger partial charge on any atom is 0.127 e. The summed E-state index contributed by atoms with van der Waals surface area (Å²) in [6.07, 6.45) is 0. The van der Waals surface area contributed by atoms with Crippen LogP contribution in [0.2, 0.25) is 0 Å². The maximum atomic E-state index is 9.19. The Balaban J connectivity index is 1.72. The van der Waals surface area contributed by atoms with E-state index in [2.05, 4.69) is 59.2 Å². The Morgan fingerprint density at radius 3 is 2.56 bits per heavy atom. The molecule has 0 saturated carbocycles. The highest BCUT2D eigenvalue weighted by Gasteiger charge is 2.32. The van der Waals surface area contributed by atoms with Crippen molar-refractivity contribution in [3.8, 4) is 5.75 Å². The summed E-state index contributed by atoms with van der Waals surface area (Å²) in [5, 5.41) is 9.19. The number of benzene rings is 2. The Hall–Kier alpha value is -1.88. The van der Waals surface area contributed by atoms with E-state index >= 15 is 0 Å². The molecule has 25 heavy (non-hydrogen) atoms. The van der Waals surface area contributed by atoms with Crippen LogP contribution in [0.25, 0.3) is 0 Å². The molecule has 4 heteroatoms. The quantitative estimate of drug-likeness (QED) is 0.933. The molecule has 1 fully saturated rings. The van der Waals surface area contributed by atoms with E-state index < -0.39 is 0 Å². The number of ether oxygens (including phenoxy) is 1. The smallest absolute Gasteiger partial charge is 0.127 e. The van der Waals surface area contributed by atoms with Crippen molar-refractivity contribution in [3.63, 3.8) is 0 Å². The molecule has 0 aromatic heterocycles. The van der Waals surface area contributed by atoms with E-state index in [4.69, 9.17) is 4.74 Å². The van der Waals surface area contributed by atoms with Crippen LogP contribution in [0, 0.1) is 6.92 Å². The van der Waals surface area contributed by atoms with Crippen LogP contribution in [-0.2, 0) is 6.61 Å². The highest BCUT2D eigenvalue weighted by molar-refractivity contribution is 5.50. The van der Waals surface area contributed by atoms with Crippen molar-refractivity contribution in [3.05, 3.63) is 64.7 Å². The first-order valence-corrected chi connectivity index (χ1v) is 9.15. The zero-order chi connectivity index (χ0) is 17.2. The van der Waals surface area contributed by atoms with Crippen LogP contribution < -0.4 is 4.74 Å². The summed E-state index contributed by atoms with van der Waals surface area (Å²) >= 11 is 0. The molecule has 2 aliphatic rings. The summed E-state index contributed by atoms with van der Waals surface area (Å²) in [5.41, 5.74) is 5.12. The van der Waals surface area contributed by atoms with Crippen LogP contribution in [-0.4, -0.2) is 54.2 Å². The third-order valence-corrected chi connectivity index (χ3v) is 5.45. The first kappa shape index (κ1) is 16.6.